The Hall–Kier alpha value is -2.53. The second-order valence-electron chi connectivity index (χ2n) is 5.10. The average Bonchev–Trinajstić information content (AvgIpc) is 2.52. The summed E-state index contributed by atoms with van der Waals surface area (Å²) in [7, 11) is 0. The zero-order valence-corrected chi connectivity index (χ0v) is 13.2. The molecule has 2 rings (SSSR count). The molecule has 0 aromatic heterocycles. The molecule has 23 heavy (non-hydrogen) atoms. The number of hydrogen-bond acceptors (Lipinski definition) is 2. The van der Waals surface area contributed by atoms with E-state index in [0.29, 0.717) is 18.0 Å². The van der Waals surface area contributed by atoms with Gasteiger partial charge in [0.2, 0.25) is 5.91 Å². The summed E-state index contributed by atoms with van der Waals surface area (Å²) in [6.45, 7) is 0.325. The third-order valence-electron chi connectivity index (χ3n) is 3.27. The van der Waals surface area contributed by atoms with E-state index in [0.717, 1.165) is 11.1 Å². The molecule has 0 saturated heterocycles. The van der Waals surface area contributed by atoms with Gasteiger partial charge < -0.3 is 16.4 Å². The van der Waals surface area contributed by atoms with Crippen LogP contribution in [0, 0.1) is 0 Å². The third-order valence-corrected chi connectivity index (χ3v) is 3.51. The Morgan fingerprint density at radius 3 is 2.39 bits per heavy atom. The van der Waals surface area contributed by atoms with Crippen LogP contribution in [-0.4, -0.2) is 18.0 Å². The molecule has 0 heterocycles. The van der Waals surface area contributed by atoms with E-state index in [2.05, 4.69) is 10.6 Å². The van der Waals surface area contributed by atoms with Crippen molar-refractivity contribution in [2.24, 2.45) is 5.73 Å². The molecule has 2 aromatic rings. The number of primary amides is 1. The number of rotatable bonds is 6. The molecule has 3 amide bonds. The number of carbonyl (C=O) groups excluding carboxylic acids is 2. The number of carbonyl (C=O) groups is 2. The standard InChI is InChI=1S/C17H18ClN3O2/c18-14-8-4-7-13(9-14)11-20-16(22)15(21-17(19)23)10-12-5-2-1-3-6-12/h1-9,15H,10-11H2,(H,20,22)(H3,19,21,23). The summed E-state index contributed by atoms with van der Waals surface area (Å²) in [5.41, 5.74) is 6.98. The van der Waals surface area contributed by atoms with Crippen LogP contribution in [0.25, 0.3) is 0 Å². The molecule has 0 fully saturated rings. The molecular formula is C17H18ClN3O2. The van der Waals surface area contributed by atoms with Crippen LogP contribution in [0.3, 0.4) is 0 Å². The minimum absolute atomic E-state index is 0.298. The van der Waals surface area contributed by atoms with Gasteiger partial charge in [0.15, 0.2) is 0 Å². The highest BCUT2D eigenvalue weighted by Crippen LogP contribution is 2.10. The Morgan fingerprint density at radius 1 is 1.04 bits per heavy atom. The first-order valence-corrected chi connectivity index (χ1v) is 7.54. The zero-order chi connectivity index (χ0) is 16.7. The second-order valence-corrected chi connectivity index (χ2v) is 5.54. The van der Waals surface area contributed by atoms with Crippen molar-refractivity contribution in [3.8, 4) is 0 Å². The first-order valence-electron chi connectivity index (χ1n) is 7.16. The van der Waals surface area contributed by atoms with Gasteiger partial charge in [0.05, 0.1) is 0 Å². The Morgan fingerprint density at radius 2 is 1.74 bits per heavy atom. The monoisotopic (exact) mass is 331 g/mol. The van der Waals surface area contributed by atoms with E-state index in [1.54, 1.807) is 12.1 Å². The maximum absolute atomic E-state index is 12.3. The van der Waals surface area contributed by atoms with Crippen molar-refractivity contribution in [3.05, 3.63) is 70.7 Å². The molecule has 4 N–H and O–H groups in total. The first kappa shape index (κ1) is 16.8. The van der Waals surface area contributed by atoms with Crippen LogP contribution in [0.2, 0.25) is 5.02 Å². The second kappa shape index (κ2) is 8.19. The summed E-state index contributed by atoms with van der Waals surface area (Å²) in [6, 6.07) is 15.2. The van der Waals surface area contributed by atoms with Gasteiger partial charge in [-0.15, -0.1) is 0 Å². The van der Waals surface area contributed by atoms with E-state index >= 15 is 0 Å². The van der Waals surface area contributed by atoms with Crippen molar-refractivity contribution < 1.29 is 9.59 Å². The minimum atomic E-state index is -0.733. The minimum Gasteiger partial charge on any atom is -0.352 e. The molecule has 1 unspecified atom stereocenters. The highest BCUT2D eigenvalue weighted by Gasteiger charge is 2.19. The SMILES string of the molecule is NC(=O)NC(Cc1ccccc1)C(=O)NCc1cccc(Cl)c1. The van der Waals surface area contributed by atoms with Gasteiger partial charge in [-0.05, 0) is 23.3 Å². The summed E-state index contributed by atoms with van der Waals surface area (Å²) < 4.78 is 0. The Bertz CT molecular complexity index is 677. The number of urea groups is 1. The summed E-state index contributed by atoms with van der Waals surface area (Å²) >= 11 is 5.91. The van der Waals surface area contributed by atoms with Gasteiger partial charge in [0.25, 0.3) is 0 Å². The van der Waals surface area contributed by atoms with Crippen molar-refractivity contribution in [3.63, 3.8) is 0 Å². The molecule has 2 aromatic carbocycles. The number of hydrogen-bond donors (Lipinski definition) is 3. The van der Waals surface area contributed by atoms with Gasteiger partial charge in [0, 0.05) is 18.0 Å². The first-order chi connectivity index (χ1) is 11.0. The largest absolute Gasteiger partial charge is 0.352 e. The fourth-order valence-corrected chi connectivity index (χ4v) is 2.40. The fraction of sp³-hybridized carbons (Fsp3) is 0.176. The maximum atomic E-state index is 12.3. The van der Waals surface area contributed by atoms with Crippen LogP contribution >= 0.6 is 11.6 Å². The maximum Gasteiger partial charge on any atom is 0.312 e. The van der Waals surface area contributed by atoms with Crippen LogP contribution in [0.15, 0.2) is 54.6 Å². The number of nitrogens with two attached hydrogens (primary N) is 1. The van der Waals surface area contributed by atoms with Crippen molar-refractivity contribution in [2.75, 3.05) is 0 Å². The van der Waals surface area contributed by atoms with E-state index in [1.807, 2.05) is 42.5 Å². The average molecular weight is 332 g/mol. The van der Waals surface area contributed by atoms with Crippen LogP contribution in [0.4, 0.5) is 4.79 Å². The normalized spacial score (nSPS) is 11.5. The molecule has 1 atom stereocenters. The Balaban J connectivity index is 2.00. The number of nitrogens with one attached hydrogen (secondary N) is 2. The predicted molar refractivity (Wildman–Crippen MR) is 90.0 cm³/mol. The molecule has 0 spiro atoms. The highest BCUT2D eigenvalue weighted by atomic mass is 35.5. The summed E-state index contributed by atoms with van der Waals surface area (Å²) in [5, 5.41) is 5.87. The van der Waals surface area contributed by atoms with E-state index in [-0.39, 0.29) is 5.91 Å². The lowest BCUT2D eigenvalue weighted by molar-refractivity contribution is -0.123. The molecule has 0 radical (unpaired) electrons. The van der Waals surface area contributed by atoms with Gasteiger partial charge in [-0.25, -0.2) is 4.79 Å². The summed E-state index contributed by atoms with van der Waals surface area (Å²) in [6.07, 6.45) is 0.366. The van der Waals surface area contributed by atoms with Crippen molar-refractivity contribution in [1.82, 2.24) is 10.6 Å². The van der Waals surface area contributed by atoms with Crippen molar-refractivity contribution in [1.29, 1.82) is 0 Å². The Kier molecular flexibility index (Phi) is 6.00. The highest BCUT2D eigenvalue weighted by molar-refractivity contribution is 6.30. The van der Waals surface area contributed by atoms with Crippen LogP contribution in [0.1, 0.15) is 11.1 Å². The van der Waals surface area contributed by atoms with Gasteiger partial charge in [0.1, 0.15) is 6.04 Å². The third kappa shape index (κ3) is 5.64. The van der Waals surface area contributed by atoms with Crippen LogP contribution in [-0.2, 0) is 17.8 Å². The molecular weight excluding hydrogens is 314 g/mol. The van der Waals surface area contributed by atoms with E-state index in [4.69, 9.17) is 17.3 Å². The van der Waals surface area contributed by atoms with Crippen LogP contribution in [0.5, 0.6) is 0 Å². The lowest BCUT2D eigenvalue weighted by atomic mass is 10.1. The smallest absolute Gasteiger partial charge is 0.312 e. The molecule has 5 nitrogen and oxygen atoms in total. The molecule has 120 valence electrons. The molecule has 0 bridgehead atoms. The van der Waals surface area contributed by atoms with Gasteiger partial charge >= 0.3 is 6.03 Å². The summed E-state index contributed by atoms with van der Waals surface area (Å²) in [4.78, 5) is 23.5. The topological polar surface area (TPSA) is 84.2 Å². The van der Waals surface area contributed by atoms with E-state index in [1.165, 1.54) is 0 Å². The molecule has 6 heteroatoms. The van der Waals surface area contributed by atoms with Crippen molar-refractivity contribution >= 4 is 23.5 Å². The van der Waals surface area contributed by atoms with Gasteiger partial charge in [-0.1, -0.05) is 54.1 Å². The number of benzene rings is 2. The van der Waals surface area contributed by atoms with Crippen molar-refractivity contribution in [2.45, 2.75) is 19.0 Å². The molecule has 0 aliphatic heterocycles. The number of halogens is 1. The lowest BCUT2D eigenvalue weighted by Gasteiger charge is -2.17. The van der Waals surface area contributed by atoms with Gasteiger partial charge in [-0.3, -0.25) is 4.79 Å². The fourth-order valence-electron chi connectivity index (χ4n) is 2.19. The van der Waals surface area contributed by atoms with E-state index < -0.39 is 12.1 Å². The van der Waals surface area contributed by atoms with E-state index in [9.17, 15) is 9.59 Å². The summed E-state index contributed by atoms with van der Waals surface area (Å²) in [5.74, 6) is -0.298. The molecule has 0 saturated carbocycles. The molecule has 0 aliphatic carbocycles. The quantitative estimate of drug-likeness (QED) is 0.758. The molecule has 0 aliphatic rings. The predicted octanol–water partition coefficient (Wildman–Crippen LogP) is 2.24. The lowest BCUT2D eigenvalue weighted by Crippen LogP contribution is -2.49. The zero-order valence-electron chi connectivity index (χ0n) is 12.5. The Labute approximate surface area is 139 Å². The van der Waals surface area contributed by atoms with Gasteiger partial charge in [-0.2, -0.15) is 0 Å². The number of amides is 3. The van der Waals surface area contributed by atoms with Crippen LogP contribution < -0.4 is 16.4 Å².